The average molecular weight is 378 g/mol. The Bertz CT molecular complexity index is 669. The van der Waals surface area contributed by atoms with Crippen LogP contribution in [0.4, 0.5) is 5.69 Å². The molecular formula is C20H30N2O5. The molecule has 2 rings (SSSR count). The smallest absolute Gasteiger partial charge is 0.247 e. The van der Waals surface area contributed by atoms with Gasteiger partial charge in [0.05, 0.1) is 13.7 Å². The summed E-state index contributed by atoms with van der Waals surface area (Å²) in [6.45, 7) is 7.05. The van der Waals surface area contributed by atoms with E-state index < -0.39 is 11.5 Å². The molecule has 0 aliphatic carbocycles. The summed E-state index contributed by atoms with van der Waals surface area (Å²) in [6.07, 6.45) is 1.49. The summed E-state index contributed by atoms with van der Waals surface area (Å²) in [5.41, 5.74) is 0.0917. The molecule has 1 aromatic carbocycles. The van der Waals surface area contributed by atoms with E-state index in [-0.39, 0.29) is 11.8 Å². The molecule has 1 aliphatic rings. The molecule has 0 bridgehead atoms. The molecule has 150 valence electrons. The number of likely N-dealkylation sites (tertiary alicyclic amines) is 1. The van der Waals surface area contributed by atoms with Gasteiger partial charge in [-0.2, -0.15) is 0 Å². The first-order valence-electron chi connectivity index (χ1n) is 9.19. The van der Waals surface area contributed by atoms with Crippen molar-refractivity contribution in [2.45, 2.75) is 39.7 Å². The van der Waals surface area contributed by atoms with Gasteiger partial charge >= 0.3 is 0 Å². The fourth-order valence-electron chi connectivity index (χ4n) is 3.04. The Morgan fingerprint density at radius 2 is 1.93 bits per heavy atom. The van der Waals surface area contributed by atoms with Crippen molar-refractivity contribution >= 4 is 17.5 Å². The van der Waals surface area contributed by atoms with Crippen LogP contribution < -0.4 is 14.8 Å². The highest BCUT2D eigenvalue weighted by atomic mass is 16.5. The van der Waals surface area contributed by atoms with Crippen LogP contribution in [0.5, 0.6) is 11.5 Å². The minimum absolute atomic E-state index is 0.00142. The molecule has 7 nitrogen and oxygen atoms in total. The van der Waals surface area contributed by atoms with E-state index in [1.165, 1.54) is 0 Å². The molecule has 1 atom stereocenters. The summed E-state index contributed by atoms with van der Waals surface area (Å²) >= 11 is 0. The zero-order valence-electron chi connectivity index (χ0n) is 16.8. The van der Waals surface area contributed by atoms with Crippen LogP contribution in [0, 0.1) is 5.41 Å². The Morgan fingerprint density at radius 1 is 1.19 bits per heavy atom. The molecule has 2 amide bonds. The van der Waals surface area contributed by atoms with Gasteiger partial charge in [0, 0.05) is 30.8 Å². The SMILES string of the molecule is COCCOc1cc(NC(=O)C2CCCN2C(=O)C(C)(C)C)ccc1OC. The Balaban J connectivity index is 2.10. The Kier molecular flexibility index (Phi) is 7.07. The second-order valence-corrected chi connectivity index (χ2v) is 7.60. The van der Waals surface area contributed by atoms with Crippen LogP contribution in [0.15, 0.2) is 18.2 Å². The predicted octanol–water partition coefficient (Wildman–Crippen LogP) is 2.70. The van der Waals surface area contributed by atoms with Crippen molar-refractivity contribution in [3.63, 3.8) is 0 Å². The zero-order chi connectivity index (χ0) is 20.0. The number of nitrogens with zero attached hydrogens (tertiary/aromatic N) is 1. The number of amides is 2. The van der Waals surface area contributed by atoms with E-state index >= 15 is 0 Å². The average Bonchev–Trinajstić information content (AvgIpc) is 3.10. The summed E-state index contributed by atoms with van der Waals surface area (Å²) in [5, 5.41) is 2.90. The molecule has 1 fully saturated rings. The molecule has 0 spiro atoms. The lowest BCUT2D eigenvalue weighted by atomic mass is 9.94. The quantitative estimate of drug-likeness (QED) is 0.738. The number of carbonyl (C=O) groups excluding carboxylic acids is 2. The maximum Gasteiger partial charge on any atom is 0.247 e. The number of nitrogens with one attached hydrogen (secondary N) is 1. The second kappa shape index (κ2) is 9.08. The Hall–Kier alpha value is -2.28. The molecule has 1 saturated heterocycles. The van der Waals surface area contributed by atoms with Crippen molar-refractivity contribution in [1.29, 1.82) is 0 Å². The van der Waals surface area contributed by atoms with Gasteiger partial charge in [-0.05, 0) is 25.0 Å². The van der Waals surface area contributed by atoms with Gasteiger partial charge in [-0.15, -0.1) is 0 Å². The first kappa shape index (κ1) is 21.0. The zero-order valence-corrected chi connectivity index (χ0v) is 16.8. The van der Waals surface area contributed by atoms with Crippen molar-refractivity contribution in [3.8, 4) is 11.5 Å². The number of ether oxygens (including phenoxy) is 3. The molecular weight excluding hydrogens is 348 g/mol. The van der Waals surface area contributed by atoms with Crippen LogP contribution in [0.1, 0.15) is 33.6 Å². The second-order valence-electron chi connectivity index (χ2n) is 7.60. The van der Waals surface area contributed by atoms with Crippen LogP contribution >= 0.6 is 0 Å². The fourth-order valence-corrected chi connectivity index (χ4v) is 3.04. The third-order valence-corrected chi connectivity index (χ3v) is 4.43. The van der Waals surface area contributed by atoms with Crippen LogP contribution in [-0.2, 0) is 14.3 Å². The minimum atomic E-state index is -0.509. The van der Waals surface area contributed by atoms with E-state index in [0.29, 0.717) is 43.4 Å². The van der Waals surface area contributed by atoms with Gasteiger partial charge in [-0.3, -0.25) is 9.59 Å². The van der Waals surface area contributed by atoms with E-state index in [1.807, 2.05) is 20.8 Å². The molecule has 0 aromatic heterocycles. The molecule has 1 N–H and O–H groups in total. The molecule has 7 heteroatoms. The van der Waals surface area contributed by atoms with Gasteiger partial charge in [-0.25, -0.2) is 0 Å². The number of carbonyl (C=O) groups is 2. The molecule has 27 heavy (non-hydrogen) atoms. The lowest BCUT2D eigenvalue weighted by molar-refractivity contribution is -0.143. The van der Waals surface area contributed by atoms with Crippen LogP contribution in [0.25, 0.3) is 0 Å². The minimum Gasteiger partial charge on any atom is -0.493 e. The van der Waals surface area contributed by atoms with Gasteiger partial charge < -0.3 is 24.4 Å². The number of methoxy groups -OCH3 is 2. The Labute approximate surface area is 161 Å². The molecule has 0 radical (unpaired) electrons. The van der Waals surface area contributed by atoms with Gasteiger partial charge in [-0.1, -0.05) is 20.8 Å². The maximum atomic E-state index is 12.8. The van der Waals surface area contributed by atoms with Crippen LogP contribution in [0.2, 0.25) is 0 Å². The lowest BCUT2D eigenvalue weighted by Gasteiger charge is -2.30. The lowest BCUT2D eigenvalue weighted by Crippen LogP contribution is -2.47. The van der Waals surface area contributed by atoms with E-state index in [0.717, 1.165) is 6.42 Å². The van der Waals surface area contributed by atoms with Crippen molar-refractivity contribution < 1.29 is 23.8 Å². The maximum absolute atomic E-state index is 12.8. The first-order valence-corrected chi connectivity index (χ1v) is 9.19. The summed E-state index contributed by atoms with van der Waals surface area (Å²) in [7, 11) is 3.16. The van der Waals surface area contributed by atoms with Crippen LogP contribution in [-0.4, -0.2) is 56.7 Å². The summed E-state index contributed by atoms with van der Waals surface area (Å²) < 4.78 is 15.9. The van der Waals surface area contributed by atoms with Gasteiger partial charge in [0.15, 0.2) is 11.5 Å². The monoisotopic (exact) mass is 378 g/mol. The van der Waals surface area contributed by atoms with Gasteiger partial charge in [0.2, 0.25) is 11.8 Å². The summed E-state index contributed by atoms with van der Waals surface area (Å²) in [5.74, 6) is 0.924. The van der Waals surface area contributed by atoms with E-state index in [9.17, 15) is 9.59 Å². The molecule has 1 aliphatic heterocycles. The van der Waals surface area contributed by atoms with Gasteiger partial charge in [0.25, 0.3) is 0 Å². The fraction of sp³-hybridized carbons (Fsp3) is 0.600. The Morgan fingerprint density at radius 3 is 2.56 bits per heavy atom. The van der Waals surface area contributed by atoms with E-state index in [2.05, 4.69) is 5.32 Å². The predicted molar refractivity (Wildman–Crippen MR) is 103 cm³/mol. The van der Waals surface area contributed by atoms with Crippen molar-refractivity contribution in [2.75, 3.05) is 39.3 Å². The highest BCUT2D eigenvalue weighted by Crippen LogP contribution is 2.31. The summed E-state index contributed by atoms with van der Waals surface area (Å²) in [6, 6.07) is 4.77. The van der Waals surface area contributed by atoms with Crippen molar-refractivity contribution in [1.82, 2.24) is 4.90 Å². The number of hydrogen-bond acceptors (Lipinski definition) is 5. The highest BCUT2D eigenvalue weighted by Gasteiger charge is 2.38. The van der Waals surface area contributed by atoms with Crippen molar-refractivity contribution in [3.05, 3.63) is 18.2 Å². The van der Waals surface area contributed by atoms with E-state index in [4.69, 9.17) is 14.2 Å². The molecule has 1 heterocycles. The third-order valence-electron chi connectivity index (χ3n) is 4.43. The largest absolute Gasteiger partial charge is 0.493 e. The molecule has 0 saturated carbocycles. The number of hydrogen-bond donors (Lipinski definition) is 1. The van der Waals surface area contributed by atoms with Crippen LogP contribution in [0.3, 0.4) is 0 Å². The normalized spacial score (nSPS) is 16.9. The highest BCUT2D eigenvalue weighted by molar-refractivity contribution is 5.98. The third kappa shape index (κ3) is 5.35. The number of benzene rings is 1. The first-order chi connectivity index (χ1) is 12.8. The van der Waals surface area contributed by atoms with Gasteiger partial charge in [0.1, 0.15) is 12.6 Å². The van der Waals surface area contributed by atoms with Crippen molar-refractivity contribution in [2.24, 2.45) is 5.41 Å². The molecule has 1 unspecified atom stereocenters. The summed E-state index contributed by atoms with van der Waals surface area (Å²) in [4.78, 5) is 27.1. The molecule has 1 aromatic rings. The topological polar surface area (TPSA) is 77.1 Å². The number of rotatable bonds is 7. The standard InChI is InChI=1S/C20H30N2O5/c1-20(2,3)19(24)22-10-6-7-15(22)18(23)21-14-8-9-16(26-5)17(13-14)27-12-11-25-4/h8-9,13,15H,6-7,10-12H2,1-5H3,(H,21,23). The number of anilines is 1. The van der Waals surface area contributed by atoms with E-state index in [1.54, 1.807) is 37.3 Å².